The molecule has 1 aromatic rings. The van der Waals surface area contributed by atoms with Gasteiger partial charge in [0.15, 0.2) is 0 Å². The maximum atomic E-state index is 5.77. The number of methoxy groups -OCH3 is 1. The predicted octanol–water partition coefficient (Wildman–Crippen LogP) is 3.23. The molecule has 0 spiro atoms. The van der Waals surface area contributed by atoms with Gasteiger partial charge in [0.1, 0.15) is 12.4 Å². The van der Waals surface area contributed by atoms with E-state index in [2.05, 4.69) is 37.4 Å². The molecule has 3 heteroatoms. The van der Waals surface area contributed by atoms with Crippen molar-refractivity contribution in [3.05, 3.63) is 23.8 Å². The average molecular weight is 249 g/mol. The second-order valence-corrected chi connectivity index (χ2v) is 5.11. The molecule has 100 valence electrons. The van der Waals surface area contributed by atoms with Crippen molar-refractivity contribution in [2.75, 3.05) is 25.6 Å². The lowest BCUT2D eigenvalue weighted by atomic mass is 10.1. The Morgan fingerprint density at radius 2 is 2.11 bits per heavy atom. The number of rotatable bonds is 7. The Labute approximate surface area is 109 Å². The third-order valence-electron chi connectivity index (χ3n) is 3.39. The first-order chi connectivity index (χ1) is 8.70. The molecule has 1 unspecified atom stereocenters. The molecule has 2 rings (SSSR count). The molecule has 1 aliphatic carbocycles. The van der Waals surface area contributed by atoms with E-state index in [1.54, 1.807) is 7.11 Å². The number of anilines is 1. The number of hydrogen-bond donors (Lipinski definition) is 1. The quantitative estimate of drug-likeness (QED) is 0.753. The van der Waals surface area contributed by atoms with Gasteiger partial charge in [-0.15, -0.1) is 0 Å². The lowest BCUT2D eigenvalue weighted by molar-refractivity contribution is 0.146. The minimum absolute atomic E-state index is 0.525. The second-order valence-electron chi connectivity index (χ2n) is 5.11. The van der Waals surface area contributed by atoms with Crippen molar-refractivity contribution in [2.24, 2.45) is 5.92 Å². The van der Waals surface area contributed by atoms with Gasteiger partial charge in [0.2, 0.25) is 0 Å². The highest BCUT2D eigenvalue weighted by molar-refractivity contribution is 5.58. The monoisotopic (exact) mass is 249 g/mol. The van der Waals surface area contributed by atoms with Gasteiger partial charge in [0.05, 0.1) is 12.3 Å². The molecule has 0 aromatic heterocycles. The highest BCUT2D eigenvalue weighted by atomic mass is 16.5. The van der Waals surface area contributed by atoms with E-state index in [1.807, 2.05) is 0 Å². The normalized spacial score (nSPS) is 16.4. The zero-order valence-corrected chi connectivity index (χ0v) is 11.5. The molecule has 0 aliphatic heterocycles. The van der Waals surface area contributed by atoms with Crippen LogP contribution in [0.4, 0.5) is 5.69 Å². The SMILES string of the molecule is COCCOc1cc(C)ccc1NC(C)C1CC1. The molecular weight excluding hydrogens is 226 g/mol. The van der Waals surface area contributed by atoms with Crippen LogP contribution in [0, 0.1) is 12.8 Å². The highest BCUT2D eigenvalue weighted by Crippen LogP contribution is 2.35. The molecule has 0 amide bonds. The van der Waals surface area contributed by atoms with E-state index in [-0.39, 0.29) is 0 Å². The summed E-state index contributed by atoms with van der Waals surface area (Å²) < 4.78 is 10.8. The standard InChI is InChI=1S/C15H23NO2/c1-11-4-7-14(16-12(2)13-5-6-13)15(10-11)18-9-8-17-3/h4,7,10,12-13,16H,5-6,8-9H2,1-3H3. The molecule has 0 bridgehead atoms. The van der Waals surface area contributed by atoms with E-state index in [4.69, 9.17) is 9.47 Å². The maximum Gasteiger partial charge on any atom is 0.142 e. The Hall–Kier alpha value is -1.22. The molecule has 1 atom stereocenters. The van der Waals surface area contributed by atoms with Crippen LogP contribution in [-0.4, -0.2) is 26.4 Å². The molecule has 1 aromatic carbocycles. The van der Waals surface area contributed by atoms with Crippen LogP contribution in [0.1, 0.15) is 25.3 Å². The largest absolute Gasteiger partial charge is 0.489 e. The Morgan fingerprint density at radius 3 is 2.78 bits per heavy atom. The molecule has 0 radical (unpaired) electrons. The van der Waals surface area contributed by atoms with Gasteiger partial charge in [-0.25, -0.2) is 0 Å². The summed E-state index contributed by atoms with van der Waals surface area (Å²) >= 11 is 0. The number of aryl methyl sites for hydroxylation is 1. The van der Waals surface area contributed by atoms with Gasteiger partial charge in [-0.1, -0.05) is 6.07 Å². The van der Waals surface area contributed by atoms with Crippen LogP contribution < -0.4 is 10.1 Å². The summed E-state index contributed by atoms with van der Waals surface area (Å²) in [5, 5.41) is 3.56. The number of ether oxygens (including phenoxy) is 2. The van der Waals surface area contributed by atoms with Crippen LogP contribution in [0.15, 0.2) is 18.2 Å². The smallest absolute Gasteiger partial charge is 0.142 e. The van der Waals surface area contributed by atoms with E-state index in [0.29, 0.717) is 19.3 Å². The van der Waals surface area contributed by atoms with Crippen molar-refractivity contribution in [1.29, 1.82) is 0 Å². The van der Waals surface area contributed by atoms with Gasteiger partial charge in [0.25, 0.3) is 0 Å². The van der Waals surface area contributed by atoms with Gasteiger partial charge in [-0.2, -0.15) is 0 Å². The lowest BCUT2D eigenvalue weighted by Crippen LogP contribution is -2.18. The summed E-state index contributed by atoms with van der Waals surface area (Å²) in [6.45, 7) is 5.53. The van der Waals surface area contributed by atoms with Crippen molar-refractivity contribution >= 4 is 5.69 Å². The first-order valence-corrected chi connectivity index (χ1v) is 6.69. The van der Waals surface area contributed by atoms with Crippen LogP contribution in [-0.2, 0) is 4.74 Å². The molecular formula is C15H23NO2. The molecule has 3 nitrogen and oxygen atoms in total. The van der Waals surface area contributed by atoms with E-state index >= 15 is 0 Å². The van der Waals surface area contributed by atoms with Crippen LogP contribution in [0.2, 0.25) is 0 Å². The minimum Gasteiger partial charge on any atom is -0.489 e. The third kappa shape index (κ3) is 3.64. The van der Waals surface area contributed by atoms with Gasteiger partial charge >= 0.3 is 0 Å². The zero-order chi connectivity index (χ0) is 13.0. The van der Waals surface area contributed by atoms with Crippen molar-refractivity contribution in [3.8, 4) is 5.75 Å². The molecule has 0 heterocycles. The summed E-state index contributed by atoms with van der Waals surface area (Å²) in [5.41, 5.74) is 2.31. The predicted molar refractivity (Wildman–Crippen MR) is 74.4 cm³/mol. The van der Waals surface area contributed by atoms with Crippen molar-refractivity contribution < 1.29 is 9.47 Å². The van der Waals surface area contributed by atoms with E-state index in [9.17, 15) is 0 Å². The van der Waals surface area contributed by atoms with Gasteiger partial charge < -0.3 is 14.8 Å². The molecule has 1 fully saturated rings. The average Bonchev–Trinajstić information content (AvgIpc) is 3.16. The van der Waals surface area contributed by atoms with Gasteiger partial charge in [-0.05, 0) is 50.3 Å². The Bertz CT molecular complexity index is 388. The summed E-state index contributed by atoms with van der Waals surface area (Å²) in [7, 11) is 1.69. The fourth-order valence-corrected chi connectivity index (χ4v) is 2.06. The first-order valence-electron chi connectivity index (χ1n) is 6.69. The Kier molecular flexibility index (Phi) is 4.48. The summed E-state index contributed by atoms with van der Waals surface area (Å²) in [6.07, 6.45) is 2.69. The number of benzene rings is 1. The minimum atomic E-state index is 0.525. The Morgan fingerprint density at radius 1 is 1.33 bits per heavy atom. The van der Waals surface area contributed by atoms with Crippen LogP contribution in [0.3, 0.4) is 0 Å². The zero-order valence-electron chi connectivity index (χ0n) is 11.5. The van der Waals surface area contributed by atoms with Crippen molar-refractivity contribution in [3.63, 3.8) is 0 Å². The van der Waals surface area contributed by atoms with Crippen LogP contribution in [0.25, 0.3) is 0 Å². The molecule has 1 N–H and O–H groups in total. The summed E-state index contributed by atoms with van der Waals surface area (Å²) in [4.78, 5) is 0. The molecule has 0 saturated heterocycles. The Balaban J connectivity index is 2.01. The molecule has 1 saturated carbocycles. The van der Waals surface area contributed by atoms with Gasteiger partial charge in [0, 0.05) is 13.2 Å². The topological polar surface area (TPSA) is 30.5 Å². The summed E-state index contributed by atoms with van der Waals surface area (Å²) in [5.74, 6) is 1.76. The number of nitrogens with one attached hydrogen (secondary N) is 1. The number of hydrogen-bond acceptors (Lipinski definition) is 3. The summed E-state index contributed by atoms with van der Waals surface area (Å²) in [6, 6.07) is 6.83. The van der Waals surface area contributed by atoms with E-state index < -0.39 is 0 Å². The van der Waals surface area contributed by atoms with Gasteiger partial charge in [-0.3, -0.25) is 0 Å². The maximum absolute atomic E-state index is 5.77. The fraction of sp³-hybridized carbons (Fsp3) is 0.600. The second kappa shape index (κ2) is 6.10. The molecule has 18 heavy (non-hydrogen) atoms. The van der Waals surface area contributed by atoms with Crippen LogP contribution >= 0.6 is 0 Å². The molecule has 1 aliphatic rings. The van der Waals surface area contributed by atoms with Crippen molar-refractivity contribution in [2.45, 2.75) is 32.7 Å². The third-order valence-corrected chi connectivity index (χ3v) is 3.39. The van der Waals surface area contributed by atoms with E-state index in [1.165, 1.54) is 18.4 Å². The highest BCUT2D eigenvalue weighted by Gasteiger charge is 2.28. The lowest BCUT2D eigenvalue weighted by Gasteiger charge is -2.18. The fourth-order valence-electron chi connectivity index (χ4n) is 2.06. The van der Waals surface area contributed by atoms with Crippen LogP contribution in [0.5, 0.6) is 5.75 Å². The van der Waals surface area contributed by atoms with Crippen molar-refractivity contribution in [1.82, 2.24) is 0 Å². The first kappa shape index (κ1) is 13.2. The van der Waals surface area contributed by atoms with E-state index in [0.717, 1.165) is 17.4 Å².